The lowest BCUT2D eigenvalue weighted by atomic mass is 9.94. The van der Waals surface area contributed by atoms with Crippen LogP contribution in [0, 0.1) is 0 Å². The van der Waals surface area contributed by atoms with Crippen LogP contribution in [-0.4, -0.2) is 47.7 Å². The molecular formula is C8H14O5. The van der Waals surface area contributed by atoms with Crippen molar-refractivity contribution in [3.63, 3.8) is 0 Å². The van der Waals surface area contributed by atoms with Gasteiger partial charge in [0.05, 0.1) is 19.8 Å². The standard InChI is InChI=1S/C8H14O5/c1-2-8(11,7(9)10)6-5-12-3-4-13-6/h6,11H,2-5H2,1H3,(H,9,10). The second-order valence-electron chi connectivity index (χ2n) is 3.02. The van der Waals surface area contributed by atoms with E-state index in [0.717, 1.165) is 0 Å². The van der Waals surface area contributed by atoms with Crippen molar-refractivity contribution >= 4 is 5.97 Å². The van der Waals surface area contributed by atoms with E-state index >= 15 is 0 Å². The van der Waals surface area contributed by atoms with Crippen LogP contribution in [0.2, 0.25) is 0 Å². The van der Waals surface area contributed by atoms with Gasteiger partial charge in [0.25, 0.3) is 0 Å². The van der Waals surface area contributed by atoms with Gasteiger partial charge >= 0.3 is 5.97 Å². The Labute approximate surface area is 76.3 Å². The Morgan fingerprint density at radius 2 is 2.31 bits per heavy atom. The Bertz CT molecular complexity index is 187. The fraction of sp³-hybridized carbons (Fsp3) is 0.875. The first kappa shape index (κ1) is 10.4. The van der Waals surface area contributed by atoms with Gasteiger partial charge in [0.15, 0.2) is 5.60 Å². The van der Waals surface area contributed by atoms with Gasteiger partial charge in [-0.2, -0.15) is 0 Å². The average Bonchev–Trinajstić information content (AvgIpc) is 2.17. The molecule has 1 rings (SSSR count). The minimum Gasteiger partial charge on any atom is -0.479 e. The number of carboxylic acids is 1. The van der Waals surface area contributed by atoms with E-state index in [1.807, 2.05) is 0 Å². The summed E-state index contributed by atoms with van der Waals surface area (Å²) >= 11 is 0. The molecule has 5 heteroatoms. The summed E-state index contributed by atoms with van der Waals surface area (Å²) in [6, 6.07) is 0. The molecule has 1 aliphatic rings. The van der Waals surface area contributed by atoms with Crippen molar-refractivity contribution in [2.45, 2.75) is 25.0 Å². The van der Waals surface area contributed by atoms with Crippen LogP contribution in [0.3, 0.4) is 0 Å². The normalized spacial score (nSPS) is 28.0. The summed E-state index contributed by atoms with van der Waals surface area (Å²) in [5.41, 5.74) is -1.82. The van der Waals surface area contributed by atoms with Crippen molar-refractivity contribution in [3.05, 3.63) is 0 Å². The third kappa shape index (κ3) is 1.99. The zero-order valence-corrected chi connectivity index (χ0v) is 7.52. The molecular weight excluding hydrogens is 176 g/mol. The van der Waals surface area contributed by atoms with Crippen molar-refractivity contribution < 1.29 is 24.5 Å². The van der Waals surface area contributed by atoms with Crippen molar-refractivity contribution in [2.24, 2.45) is 0 Å². The molecule has 0 aliphatic carbocycles. The number of hydrogen-bond acceptors (Lipinski definition) is 4. The highest BCUT2D eigenvalue weighted by molar-refractivity contribution is 5.78. The highest BCUT2D eigenvalue weighted by Gasteiger charge is 2.44. The molecule has 0 aromatic rings. The van der Waals surface area contributed by atoms with E-state index in [2.05, 4.69) is 0 Å². The molecule has 5 nitrogen and oxygen atoms in total. The molecule has 1 heterocycles. The van der Waals surface area contributed by atoms with E-state index in [1.54, 1.807) is 6.92 Å². The molecule has 0 saturated carbocycles. The molecule has 1 saturated heterocycles. The highest BCUT2D eigenvalue weighted by atomic mass is 16.6. The fourth-order valence-corrected chi connectivity index (χ4v) is 1.28. The first-order valence-electron chi connectivity index (χ1n) is 4.26. The monoisotopic (exact) mass is 190 g/mol. The maximum absolute atomic E-state index is 10.8. The second kappa shape index (κ2) is 4.04. The molecule has 0 amide bonds. The third-order valence-electron chi connectivity index (χ3n) is 2.26. The van der Waals surface area contributed by atoms with Crippen LogP contribution in [0.4, 0.5) is 0 Å². The molecule has 0 spiro atoms. The molecule has 0 radical (unpaired) electrons. The zero-order chi connectivity index (χ0) is 9.90. The van der Waals surface area contributed by atoms with Crippen molar-refractivity contribution in [2.75, 3.05) is 19.8 Å². The zero-order valence-electron chi connectivity index (χ0n) is 7.52. The quantitative estimate of drug-likeness (QED) is 0.635. The Balaban J connectivity index is 2.68. The van der Waals surface area contributed by atoms with E-state index in [-0.39, 0.29) is 13.0 Å². The van der Waals surface area contributed by atoms with Crippen LogP contribution in [0.25, 0.3) is 0 Å². The molecule has 76 valence electrons. The van der Waals surface area contributed by atoms with Crippen LogP contribution in [-0.2, 0) is 14.3 Å². The van der Waals surface area contributed by atoms with Gasteiger partial charge in [0.2, 0.25) is 0 Å². The lowest BCUT2D eigenvalue weighted by Crippen LogP contribution is -2.54. The van der Waals surface area contributed by atoms with E-state index in [4.69, 9.17) is 14.6 Å². The van der Waals surface area contributed by atoms with Gasteiger partial charge in [0, 0.05) is 0 Å². The minimum atomic E-state index is -1.82. The van der Waals surface area contributed by atoms with E-state index in [9.17, 15) is 9.90 Å². The Kier molecular flexibility index (Phi) is 3.24. The summed E-state index contributed by atoms with van der Waals surface area (Å²) in [5, 5.41) is 18.5. The van der Waals surface area contributed by atoms with Crippen LogP contribution in [0.1, 0.15) is 13.3 Å². The van der Waals surface area contributed by atoms with Gasteiger partial charge in [-0.05, 0) is 6.42 Å². The van der Waals surface area contributed by atoms with Crippen LogP contribution >= 0.6 is 0 Å². The summed E-state index contributed by atoms with van der Waals surface area (Å²) < 4.78 is 10.2. The van der Waals surface area contributed by atoms with Gasteiger partial charge in [-0.25, -0.2) is 4.79 Å². The van der Waals surface area contributed by atoms with Gasteiger partial charge < -0.3 is 19.7 Å². The second-order valence-corrected chi connectivity index (χ2v) is 3.02. The summed E-state index contributed by atoms with van der Waals surface area (Å²) in [7, 11) is 0. The Hall–Kier alpha value is -0.650. The van der Waals surface area contributed by atoms with Gasteiger partial charge in [-0.3, -0.25) is 0 Å². The van der Waals surface area contributed by atoms with E-state index in [1.165, 1.54) is 0 Å². The Morgan fingerprint density at radius 3 is 2.69 bits per heavy atom. The smallest absolute Gasteiger partial charge is 0.338 e. The molecule has 0 bridgehead atoms. The number of hydrogen-bond donors (Lipinski definition) is 2. The van der Waals surface area contributed by atoms with Gasteiger partial charge in [0.1, 0.15) is 6.10 Å². The molecule has 0 aromatic carbocycles. The number of rotatable bonds is 3. The van der Waals surface area contributed by atoms with Crippen LogP contribution in [0.5, 0.6) is 0 Å². The lowest BCUT2D eigenvalue weighted by molar-refractivity contribution is -0.199. The number of aliphatic carboxylic acids is 1. The van der Waals surface area contributed by atoms with Gasteiger partial charge in [-0.1, -0.05) is 6.92 Å². The predicted octanol–water partition coefficient (Wildman–Crippen LogP) is -0.373. The van der Waals surface area contributed by atoms with Crippen molar-refractivity contribution in [1.82, 2.24) is 0 Å². The van der Waals surface area contributed by atoms with Crippen LogP contribution in [0.15, 0.2) is 0 Å². The molecule has 2 atom stereocenters. The molecule has 2 N–H and O–H groups in total. The predicted molar refractivity (Wildman–Crippen MR) is 43.4 cm³/mol. The molecule has 0 aromatic heterocycles. The van der Waals surface area contributed by atoms with E-state index < -0.39 is 17.7 Å². The minimum absolute atomic E-state index is 0.107. The molecule has 13 heavy (non-hydrogen) atoms. The lowest BCUT2D eigenvalue weighted by Gasteiger charge is -2.33. The molecule has 1 aliphatic heterocycles. The first-order valence-corrected chi connectivity index (χ1v) is 4.26. The van der Waals surface area contributed by atoms with Crippen LogP contribution < -0.4 is 0 Å². The first-order chi connectivity index (χ1) is 6.11. The highest BCUT2D eigenvalue weighted by Crippen LogP contribution is 2.21. The summed E-state index contributed by atoms with van der Waals surface area (Å²) in [6.07, 6.45) is -0.653. The Morgan fingerprint density at radius 1 is 1.62 bits per heavy atom. The fourth-order valence-electron chi connectivity index (χ4n) is 1.28. The maximum Gasteiger partial charge on any atom is 0.338 e. The number of ether oxygens (including phenoxy) is 2. The summed E-state index contributed by atoms with van der Waals surface area (Å²) in [6.45, 7) is 2.53. The topological polar surface area (TPSA) is 76.0 Å². The average molecular weight is 190 g/mol. The number of carbonyl (C=O) groups is 1. The summed E-state index contributed by atoms with van der Waals surface area (Å²) in [4.78, 5) is 10.8. The maximum atomic E-state index is 10.8. The van der Waals surface area contributed by atoms with Crippen molar-refractivity contribution in [1.29, 1.82) is 0 Å². The molecule has 1 fully saturated rings. The SMILES string of the molecule is CCC(O)(C(=O)O)C1COCCO1. The third-order valence-corrected chi connectivity index (χ3v) is 2.26. The van der Waals surface area contributed by atoms with Crippen molar-refractivity contribution in [3.8, 4) is 0 Å². The number of aliphatic hydroxyl groups is 1. The summed E-state index contributed by atoms with van der Waals surface area (Å²) in [5.74, 6) is -1.26. The van der Waals surface area contributed by atoms with E-state index in [0.29, 0.717) is 13.2 Å². The molecule has 2 unspecified atom stereocenters. The van der Waals surface area contributed by atoms with Gasteiger partial charge in [-0.15, -0.1) is 0 Å². The largest absolute Gasteiger partial charge is 0.479 e. The number of carboxylic acid groups (broad SMARTS) is 1.